The molecule has 1 aromatic heterocycles. The highest BCUT2D eigenvalue weighted by Crippen LogP contribution is 2.20. The molecule has 1 aromatic rings. The molecule has 108 valence electrons. The van der Waals surface area contributed by atoms with Gasteiger partial charge in [0.05, 0.1) is 23.4 Å². The molecule has 1 fully saturated rings. The third-order valence-corrected chi connectivity index (χ3v) is 4.02. The molecule has 0 aromatic carbocycles. The maximum Gasteiger partial charge on any atom is 0.0795 e. The lowest BCUT2D eigenvalue weighted by Crippen LogP contribution is -2.34. The van der Waals surface area contributed by atoms with E-state index in [1.807, 2.05) is 5.51 Å². The Balaban J connectivity index is 1.66. The topological polar surface area (TPSA) is 37.4 Å². The standard InChI is InChI=1S/C14H25N3OS/c1-11(2)15-6-13-4-5-14(18-13)8-17(3)7-12-9-19-10-16-12/h9-11,13-15H,4-8H2,1-3H3. The zero-order valence-electron chi connectivity index (χ0n) is 12.1. The van der Waals surface area contributed by atoms with Crippen LogP contribution in [0.25, 0.3) is 0 Å². The maximum atomic E-state index is 6.08. The van der Waals surface area contributed by atoms with E-state index < -0.39 is 0 Å². The summed E-state index contributed by atoms with van der Waals surface area (Å²) in [6.45, 7) is 7.24. The number of likely N-dealkylation sites (N-methyl/N-ethyl adjacent to an activating group) is 1. The molecule has 0 saturated carbocycles. The second-order valence-corrected chi connectivity index (χ2v) is 6.42. The number of aromatic nitrogens is 1. The molecule has 0 radical (unpaired) electrons. The Morgan fingerprint density at radius 2 is 2.26 bits per heavy atom. The average Bonchev–Trinajstić information content (AvgIpc) is 2.98. The van der Waals surface area contributed by atoms with E-state index in [1.165, 1.54) is 12.8 Å². The smallest absolute Gasteiger partial charge is 0.0795 e. The minimum Gasteiger partial charge on any atom is -0.372 e. The van der Waals surface area contributed by atoms with E-state index in [0.717, 1.165) is 25.3 Å². The highest BCUT2D eigenvalue weighted by atomic mass is 32.1. The van der Waals surface area contributed by atoms with Crippen molar-refractivity contribution in [3.63, 3.8) is 0 Å². The summed E-state index contributed by atoms with van der Waals surface area (Å²) in [6.07, 6.45) is 3.11. The van der Waals surface area contributed by atoms with Gasteiger partial charge in [-0.3, -0.25) is 4.90 Å². The molecular weight excluding hydrogens is 258 g/mol. The van der Waals surface area contributed by atoms with E-state index in [2.05, 4.69) is 41.5 Å². The lowest BCUT2D eigenvalue weighted by atomic mass is 10.2. The Morgan fingerprint density at radius 1 is 1.47 bits per heavy atom. The summed E-state index contributed by atoms with van der Waals surface area (Å²) in [4.78, 5) is 6.62. The van der Waals surface area contributed by atoms with E-state index in [1.54, 1.807) is 11.3 Å². The van der Waals surface area contributed by atoms with E-state index in [4.69, 9.17) is 4.74 Å². The Kier molecular flexibility index (Phi) is 5.76. The van der Waals surface area contributed by atoms with Gasteiger partial charge in [0.25, 0.3) is 0 Å². The first-order chi connectivity index (χ1) is 9.13. The summed E-state index contributed by atoms with van der Waals surface area (Å²) in [7, 11) is 2.14. The SMILES string of the molecule is CC(C)NCC1CCC(CN(C)Cc2cscn2)O1. The van der Waals surface area contributed by atoms with Crippen LogP contribution in [0.5, 0.6) is 0 Å². The van der Waals surface area contributed by atoms with Crippen molar-refractivity contribution >= 4 is 11.3 Å². The number of ether oxygens (including phenoxy) is 1. The van der Waals surface area contributed by atoms with E-state index in [0.29, 0.717) is 18.2 Å². The molecule has 2 heterocycles. The van der Waals surface area contributed by atoms with Crippen molar-refractivity contribution < 1.29 is 4.74 Å². The lowest BCUT2D eigenvalue weighted by Gasteiger charge is -2.21. The van der Waals surface area contributed by atoms with E-state index in [-0.39, 0.29) is 0 Å². The van der Waals surface area contributed by atoms with Gasteiger partial charge in [-0.05, 0) is 19.9 Å². The fourth-order valence-corrected chi connectivity index (χ4v) is 2.99. The zero-order chi connectivity index (χ0) is 13.7. The van der Waals surface area contributed by atoms with Gasteiger partial charge in [0.15, 0.2) is 0 Å². The van der Waals surface area contributed by atoms with Crippen molar-refractivity contribution in [3.8, 4) is 0 Å². The van der Waals surface area contributed by atoms with Gasteiger partial charge in [0.1, 0.15) is 0 Å². The third kappa shape index (κ3) is 5.18. The van der Waals surface area contributed by atoms with Crippen LogP contribution in [0.2, 0.25) is 0 Å². The van der Waals surface area contributed by atoms with Crippen molar-refractivity contribution in [3.05, 3.63) is 16.6 Å². The van der Waals surface area contributed by atoms with Crippen LogP contribution in [-0.2, 0) is 11.3 Å². The average molecular weight is 283 g/mol. The number of hydrogen-bond acceptors (Lipinski definition) is 5. The van der Waals surface area contributed by atoms with Crippen LogP contribution < -0.4 is 5.32 Å². The Hall–Kier alpha value is -0.490. The van der Waals surface area contributed by atoms with E-state index >= 15 is 0 Å². The van der Waals surface area contributed by atoms with Crippen LogP contribution in [0.1, 0.15) is 32.4 Å². The van der Waals surface area contributed by atoms with Crippen LogP contribution in [0.4, 0.5) is 0 Å². The van der Waals surface area contributed by atoms with Gasteiger partial charge in [-0.2, -0.15) is 0 Å². The van der Waals surface area contributed by atoms with Crippen LogP contribution >= 0.6 is 11.3 Å². The van der Waals surface area contributed by atoms with Crippen molar-refractivity contribution in [2.24, 2.45) is 0 Å². The number of rotatable bonds is 7. The minimum absolute atomic E-state index is 0.377. The molecular formula is C14H25N3OS. The Labute approximate surface area is 120 Å². The summed E-state index contributed by atoms with van der Waals surface area (Å²) < 4.78 is 6.08. The Morgan fingerprint density at radius 3 is 2.95 bits per heavy atom. The fraction of sp³-hybridized carbons (Fsp3) is 0.786. The van der Waals surface area contributed by atoms with Crippen molar-refractivity contribution in [2.45, 2.75) is 51.5 Å². The first kappa shape index (κ1) is 14.9. The first-order valence-corrected chi connectivity index (χ1v) is 8.02. The molecule has 19 heavy (non-hydrogen) atoms. The van der Waals surface area contributed by atoms with Crippen LogP contribution in [0, 0.1) is 0 Å². The van der Waals surface area contributed by atoms with Crippen LogP contribution in [0.15, 0.2) is 10.9 Å². The lowest BCUT2D eigenvalue weighted by molar-refractivity contribution is 0.0258. The zero-order valence-corrected chi connectivity index (χ0v) is 12.9. The first-order valence-electron chi connectivity index (χ1n) is 7.08. The fourth-order valence-electron chi connectivity index (χ4n) is 2.44. The summed E-state index contributed by atoms with van der Waals surface area (Å²) >= 11 is 1.66. The molecule has 4 nitrogen and oxygen atoms in total. The van der Waals surface area contributed by atoms with Crippen molar-refractivity contribution in [2.75, 3.05) is 20.1 Å². The molecule has 1 saturated heterocycles. The molecule has 0 bridgehead atoms. The molecule has 0 amide bonds. The molecule has 2 rings (SSSR count). The van der Waals surface area contributed by atoms with Crippen LogP contribution in [-0.4, -0.2) is 48.3 Å². The van der Waals surface area contributed by atoms with Crippen molar-refractivity contribution in [1.82, 2.24) is 15.2 Å². The minimum atomic E-state index is 0.377. The van der Waals surface area contributed by atoms with Gasteiger partial charge in [-0.25, -0.2) is 4.98 Å². The highest BCUT2D eigenvalue weighted by molar-refractivity contribution is 7.07. The largest absolute Gasteiger partial charge is 0.372 e. The third-order valence-electron chi connectivity index (χ3n) is 3.38. The predicted molar refractivity (Wildman–Crippen MR) is 79.5 cm³/mol. The molecule has 2 atom stereocenters. The normalized spacial score (nSPS) is 23.6. The molecule has 0 aliphatic carbocycles. The Bertz CT molecular complexity index is 356. The second-order valence-electron chi connectivity index (χ2n) is 5.70. The summed E-state index contributed by atoms with van der Waals surface area (Å²) in [6, 6.07) is 0.537. The quantitative estimate of drug-likeness (QED) is 0.832. The number of nitrogens with one attached hydrogen (secondary N) is 1. The molecule has 0 spiro atoms. The van der Waals surface area contributed by atoms with Crippen LogP contribution in [0.3, 0.4) is 0 Å². The van der Waals surface area contributed by atoms with Gasteiger partial charge in [0.2, 0.25) is 0 Å². The summed E-state index contributed by atoms with van der Waals surface area (Å²) in [5, 5.41) is 5.56. The summed E-state index contributed by atoms with van der Waals surface area (Å²) in [5.74, 6) is 0. The monoisotopic (exact) mass is 283 g/mol. The van der Waals surface area contributed by atoms with Gasteiger partial charge in [0, 0.05) is 31.1 Å². The van der Waals surface area contributed by atoms with E-state index in [9.17, 15) is 0 Å². The number of thiazole rings is 1. The maximum absolute atomic E-state index is 6.08. The van der Waals surface area contributed by atoms with Gasteiger partial charge >= 0.3 is 0 Å². The van der Waals surface area contributed by atoms with Crippen molar-refractivity contribution in [1.29, 1.82) is 0 Å². The number of hydrogen-bond donors (Lipinski definition) is 1. The van der Waals surface area contributed by atoms with Gasteiger partial charge in [-0.1, -0.05) is 13.8 Å². The molecule has 5 heteroatoms. The second kappa shape index (κ2) is 7.33. The van der Waals surface area contributed by atoms with Gasteiger partial charge < -0.3 is 10.1 Å². The molecule has 1 aliphatic rings. The summed E-state index contributed by atoms with van der Waals surface area (Å²) in [5.41, 5.74) is 3.05. The van der Waals surface area contributed by atoms with Gasteiger partial charge in [-0.15, -0.1) is 11.3 Å². The molecule has 1 N–H and O–H groups in total. The predicted octanol–water partition coefficient (Wildman–Crippen LogP) is 2.12. The number of nitrogens with zero attached hydrogens (tertiary/aromatic N) is 2. The highest BCUT2D eigenvalue weighted by Gasteiger charge is 2.26. The molecule has 2 unspecified atom stereocenters. The molecule has 1 aliphatic heterocycles.